The fourth-order valence-electron chi connectivity index (χ4n) is 3.02. The molecule has 0 aliphatic carbocycles. The summed E-state index contributed by atoms with van der Waals surface area (Å²) < 4.78 is 13.7. The van der Waals surface area contributed by atoms with Crippen molar-refractivity contribution in [2.24, 2.45) is 0 Å². The summed E-state index contributed by atoms with van der Waals surface area (Å²) in [6.07, 6.45) is 2.50. The number of anilines is 1. The predicted octanol–water partition coefficient (Wildman–Crippen LogP) is 1.84. The van der Waals surface area contributed by atoms with Crippen molar-refractivity contribution >= 4 is 32.2 Å². The van der Waals surface area contributed by atoms with Crippen LogP contribution in [-0.2, 0) is 17.2 Å². The molecule has 1 saturated heterocycles. The second kappa shape index (κ2) is 6.32. The van der Waals surface area contributed by atoms with Gasteiger partial charge < -0.3 is 4.90 Å². The second-order valence-corrected chi connectivity index (χ2v) is 8.78. The van der Waals surface area contributed by atoms with Crippen molar-refractivity contribution < 1.29 is 4.21 Å². The minimum Gasteiger partial charge on any atom is -0.344 e. The summed E-state index contributed by atoms with van der Waals surface area (Å²) in [7, 11) is -0.807. The maximum Gasteiger partial charge on any atom is 0.275 e. The first-order chi connectivity index (χ1) is 11.0. The second-order valence-electron chi connectivity index (χ2n) is 5.88. The Morgan fingerprint density at radius 1 is 1.35 bits per heavy atom. The minimum absolute atomic E-state index is 0.132. The van der Waals surface area contributed by atoms with E-state index in [0.717, 1.165) is 36.6 Å². The lowest BCUT2D eigenvalue weighted by Crippen LogP contribution is -2.53. The Kier molecular flexibility index (Phi) is 4.55. The Morgan fingerprint density at radius 3 is 2.74 bits per heavy atom. The molecule has 0 aromatic carbocycles. The van der Waals surface area contributed by atoms with Crippen LogP contribution in [0.5, 0.6) is 0 Å². The van der Waals surface area contributed by atoms with Crippen molar-refractivity contribution in [3.63, 3.8) is 0 Å². The lowest BCUT2D eigenvalue weighted by molar-refractivity contribution is 0.495. The number of fused-ring (bicyclic) bond motifs is 1. The number of aromatic nitrogens is 3. The van der Waals surface area contributed by atoms with Gasteiger partial charge in [-0.1, -0.05) is 32.1 Å². The van der Waals surface area contributed by atoms with Crippen LogP contribution in [-0.4, -0.2) is 42.4 Å². The summed E-state index contributed by atoms with van der Waals surface area (Å²) >= 11 is 1.44. The van der Waals surface area contributed by atoms with E-state index in [2.05, 4.69) is 28.8 Å². The highest BCUT2D eigenvalue weighted by molar-refractivity contribution is 7.86. The van der Waals surface area contributed by atoms with E-state index < -0.39 is 10.8 Å². The van der Waals surface area contributed by atoms with Crippen molar-refractivity contribution in [3.8, 4) is 0 Å². The van der Waals surface area contributed by atoms with Crippen LogP contribution in [0.1, 0.15) is 39.3 Å². The van der Waals surface area contributed by atoms with Gasteiger partial charge in [0.2, 0.25) is 10.1 Å². The van der Waals surface area contributed by atoms with Crippen molar-refractivity contribution in [2.75, 3.05) is 23.7 Å². The molecule has 0 saturated carbocycles. The van der Waals surface area contributed by atoms with Crippen molar-refractivity contribution in [1.29, 1.82) is 0 Å². The van der Waals surface area contributed by atoms with Gasteiger partial charge >= 0.3 is 0 Å². The van der Waals surface area contributed by atoms with Gasteiger partial charge in [0.05, 0.1) is 4.75 Å². The Balaban J connectivity index is 1.99. The average molecular weight is 355 g/mol. The van der Waals surface area contributed by atoms with Gasteiger partial charge in [0.15, 0.2) is 0 Å². The fourth-order valence-corrected chi connectivity index (χ4v) is 5.74. The molecule has 8 heteroatoms. The number of aryl methyl sites for hydroxylation is 1. The highest BCUT2D eigenvalue weighted by atomic mass is 32.2. The van der Waals surface area contributed by atoms with E-state index in [1.807, 2.05) is 6.92 Å². The van der Waals surface area contributed by atoms with Gasteiger partial charge in [-0.25, -0.2) is 4.98 Å². The Bertz CT molecular complexity index is 794. The summed E-state index contributed by atoms with van der Waals surface area (Å²) in [6.45, 7) is 7.62. The van der Waals surface area contributed by atoms with Crippen molar-refractivity contribution in [3.05, 3.63) is 22.1 Å². The molecule has 0 bridgehead atoms. The zero-order chi connectivity index (χ0) is 16.6. The molecule has 0 spiro atoms. The molecule has 3 heterocycles. The van der Waals surface area contributed by atoms with Crippen LogP contribution in [0.2, 0.25) is 0 Å². The molecular formula is C15H22N4O2S2. The fraction of sp³-hybridized carbons (Fsp3) is 0.667. The zero-order valence-corrected chi connectivity index (χ0v) is 15.4. The smallest absolute Gasteiger partial charge is 0.275 e. The quantitative estimate of drug-likeness (QED) is 0.838. The van der Waals surface area contributed by atoms with E-state index in [9.17, 15) is 9.00 Å². The van der Waals surface area contributed by atoms with Crippen LogP contribution in [0.4, 0.5) is 5.13 Å². The van der Waals surface area contributed by atoms with Crippen molar-refractivity contribution in [1.82, 2.24) is 14.6 Å². The summed E-state index contributed by atoms with van der Waals surface area (Å²) in [5.74, 6) is 0.653. The van der Waals surface area contributed by atoms with Gasteiger partial charge in [-0.15, -0.1) is 5.10 Å². The number of nitrogens with zero attached hydrogens (tertiary/aromatic N) is 4. The van der Waals surface area contributed by atoms with Crippen LogP contribution in [0.25, 0.3) is 4.96 Å². The predicted molar refractivity (Wildman–Crippen MR) is 95.0 cm³/mol. The normalized spacial score (nSPS) is 21.0. The van der Waals surface area contributed by atoms with E-state index in [4.69, 9.17) is 0 Å². The molecule has 0 radical (unpaired) electrons. The molecule has 1 aliphatic rings. The molecule has 126 valence electrons. The summed E-state index contributed by atoms with van der Waals surface area (Å²) in [5, 5.41) is 5.25. The number of hydrogen-bond acceptors (Lipinski definition) is 6. The molecule has 1 unspecified atom stereocenters. The third-order valence-corrected chi connectivity index (χ3v) is 7.91. The van der Waals surface area contributed by atoms with Crippen molar-refractivity contribution in [2.45, 2.75) is 44.8 Å². The summed E-state index contributed by atoms with van der Waals surface area (Å²) in [6, 6.07) is 1.55. The molecule has 1 atom stereocenters. The topological polar surface area (TPSA) is 67.6 Å². The highest BCUT2D eigenvalue weighted by Gasteiger charge is 2.39. The lowest BCUT2D eigenvalue weighted by Gasteiger charge is -2.40. The molecule has 2 aromatic rings. The first kappa shape index (κ1) is 16.6. The maximum absolute atomic E-state index is 12.5. The largest absolute Gasteiger partial charge is 0.344 e. The van der Waals surface area contributed by atoms with Crippen LogP contribution < -0.4 is 10.5 Å². The molecule has 1 fully saturated rings. The maximum atomic E-state index is 12.5. The molecular weight excluding hydrogens is 332 g/mol. The van der Waals surface area contributed by atoms with Gasteiger partial charge in [0.25, 0.3) is 5.56 Å². The Hall–Kier alpha value is -1.28. The third kappa shape index (κ3) is 2.82. The number of hydrogen-bond donors (Lipinski definition) is 0. The van der Waals surface area contributed by atoms with Gasteiger partial charge in [-0.05, 0) is 19.3 Å². The van der Waals surface area contributed by atoms with E-state index in [-0.39, 0.29) is 10.3 Å². The molecule has 6 nitrogen and oxygen atoms in total. The van der Waals surface area contributed by atoms with Gasteiger partial charge in [-0.2, -0.15) is 4.52 Å². The monoisotopic (exact) mass is 354 g/mol. The average Bonchev–Trinajstić information content (AvgIpc) is 3.00. The Morgan fingerprint density at radius 2 is 2.09 bits per heavy atom. The zero-order valence-electron chi connectivity index (χ0n) is 13.7. The van der Waals surface area contributed by atoms with E-state index >= 15 is 0 Å². The van der Waals surface area contributed by atoms with Crippen LogP contribution >= 0.6 is 11.3 Å². The van der Waals surface area contributed by atoms with E-state index in [1.165, 1.54) is 15.9 Å². The highest BCUT2D eigenvalue weighted by Crippen LogP contribution is 2.32. The van der Waals surface area contributed by atoms with Crippen LogP contribution in [0.3, 0.4) is 0 Å². The molecule has 23 heavy (non-hydrogen) atoms. The van der Waals surface area contributed by atoms with Gasteiger partial charge in [0, 0.05) is 41.4 Å². The standard InChI is InChI=1S/C15H22N4O2S2/c1-4-11-9-12(20)19-13(16-11)22-14(17-19)18-7-8-23(21)15(5-2,6-3)10-18/h9H,4-8,10H2,1-3H3. The van der Waals surface area contributed by atoms with Crippen LogP contribution in [0.15, 0.2) is 10.9 Å². The molecule has 1 aliphatic heterocycles. The summed E-state index contributed by atoms with van der Waals surface area (Å²) in [4.78, 5) is 19.4. The van der Waals surface area contributed by atoms with E-state index in [1.54, 1.807) is 6.07 Å². The van der Waals surface area contributed by atoms with E-state index in [0.29, 0.717) is 17.3 Å². The SMILES string of the molecule is CCc1cc(=O)n2nc(N3CCS(=O)C(CC)(CC)C3)sc2n1. The molecule has 0 N–H and O–H groups in total. The van der Waals surface area contributed by atoms with Crippen LogP contribution in [0, 0.1) is 0 Å². The Labute approximate surface area is 142 Å². The number of rotatable bonds is 4. The van der Waals surface area contributed by atoms with Gasteiger partial charge in [-0.3, -0.25) is 9.00 Å². The minimum atomic E-state index is -0.807. The summed E-state index contributed by atoms with van der Waals surface area (Å²) in [5.41, 5.74) is 0.661. The first-order valence-electron chi connectivity index (χ1n) is 8.06. The third-order valence-electron chi connectivity index (χ3n) is 4.72. The van der Waals surface area contributed by atoms with Gasteiger partial charge in [0.1, 0.15) is 0 Å². The lowest BCUT2D eigenvalue weighted by atomic mass is 10.0. The molecule has 0 amide bonds. The molecule has 2 aromatic heterocycles. The first-order valence-corrected chi connectivity index (χ1v) is 10.2. The molecule has 3 rings (SSSR count).